The maximum atomic E-state index is 11.8. The maximum absolute atomic E-state index is 11.8. The second-order valence-electron chi connectivity index (χ2n) is 2.91. The summed E-state index contributed by atoms with van der Waals surface area (Å²) < 4.78 is 30.2. The molecule has 0 aliphatic rings. The Bertz CT molecular complexity index is 629. The Morgan fingerprint density at radius 1 is 1.47 bits per heavy atom. The molecule has 2 N–H and O–H groups in total. The van der Waals surface area contributed by atoms with Crippen molar-refractivity contribution in [2.24, 2.45) is 0 Å². The van der Waals surface area contributed by atoms with Crippen molar-refractivity contribution in [3.8, 4) is 0 Å². The smallest absolute Gasteiger partial charge is 0.347 e. The Kier molecular flexibility index (Phi) is 2.86. The van der Waals surface area contributed by atoms with Gasteiger partial charge in [0.2, 0.25) is 0 Å². The Morgan fingerprint density at radius 3 is 2.82 bits per heavy atom. The van der Waals surface area contributed by atoms with Gasteiger partial charge in [0.15, 0.2) is 5.82 Å². The number of hydrogen-bond donors (Lipinski definition) is 2. The van der Waals surface area contributed by atoms with Gasteiger partial charge in [0.05, 0.1) is 0 Å². The third-order valence-electron chi connectivity index (χ3n) is 1.79. The standard InChI is InChI=1S/C8H6N2O5S2/c11-8(12)7-5(2-4-16-7)17(13,14)10-6-1-3-15-9-6/h1-4H,(H,9,10)(H,11,12). The maximum Gasteiger partial charge on any atom is 0.347 e. The lowest BCUT2D eigenvalue weighted by Crippen LogP contribution is -2.15. The summed E-state index contributed by atoms with van der Waals surface area (Å²) in [5, 5.41) is 13.6. The van der Waals surface area contributed by atoms with Gasteiger partial charge in [0.1, 0.15) is 16.0 Å². The number of carboxylic acid groups (broad SMARTS) is 1. The molecule has 7 nitrogen and oxygen atoms in total. The van der Waals surface area contributed by atoms with Gasteiger partial charge < -0.3 is 9.63 Å². The molecule has 17 heavy (non-hydrogen) atoms. The van der Waals surface area contributed by atoms with E-state index in [2.05, 4.69) is 14.4 Å². The van der Waals surface area contributed by atoms with E-state index in [0.29, 0.717) is 0 Å². The molecule has 0 aliphatic carbocycles. The van der Waals surface area contributed by atoms with Crippen molar-refractivity contribution in [2.45, 2.75) is 4.90 Å². The molecule has 0 saturated heterocycles. The Morgan fingerprint density at radius 2 is 2.24 bits per heavy atom. The van der Waals surface area contributed by atoms with E-state index >= 15 is 0 Å². The van der Waals surface area contributed by atoms with Crippen molar-refractivity contribution >= 4 is 33.1 Å². The van der Waals surface area contributed by atoms with Crippen molar-refractivity contribution in [3.63, 3.8) is 0 Å². The predicted octanol–water partition coefficient (Wildman–Crippen LogP) is 1.24. The van der Waals surface area contributed by atoms with Crippen LogP contribution >= 0.6 is 11.3 Å². The van der Waals surface area contributed by atoms with Crippen LogP contribution in [0.1, 0.15) is 9.67 Å². The third-order valence-corrected chi connectivity index (χ3v) is 4.22. The van der Waals surface area contributed by atoms with Gasteiger partial charge in [-0.2, -0.15) is 0 Å². The van der Waals surface area contributed by atoms with Crippen molar-refractivity contribution in [1.82, 2.24) is 5.16 Å². The largest absolute Gasteiger partial charge is 0.477 e. The van der Waals surface area contributed by atoms with Gasteiger partial charge in [-0.25, -0.2) is 13.2 Å². The number of nitrogens with one attached hydrogen (secondary N) is 1. The molecule has 0 bridgehead atoms. The number of carboxylic acids is 1. The summed E-state index contributed by atoms with van der Waals surface area (Å²) in [5.41, 5.74) is 0. The fourth-order valence-corrected chi connectivity index (χ4v) is 3.38. The molecular weight excluding hydrogens is 268 g/mol. The minimum Gasteiger partial charge on any atom is -0.477 e. The van der Waals surface area contributed by atoms with Crippen molar-refractivity contribution in [2.75, 3.05) is 4.72 Å². The second kappa shape index (κ2) is 4.18. The lowest BCUT2D eigenvalue weighted by molar-refractivity contribution is 0.0698. The summed E-state index contributed by atoms with van der Waals surface area (Å²) in [6.07, 6.45) is 1.20. The Hall–Kier alpha value is -1.87. The molecule has 9 heteroatoms. The van der Waals surface area contributed by atoms with Crippen LogP contribution in [0.15, 0.2) is 33.2 Å². The topological polar surface area (TPSA) is 110 Å². The van der Waals surface area contributed by atoms with Gasteiger partial charge in [-0.05, 0) is 11.4 Å². The van der Waals surface area contributed by atoms with Gasteiger partial charge in [0, 0.05) is 6.07 Å². The van der Waals surface area contributed by atoms with Crippen LogP contribution in [0.5, 0.6) is 0 Å². The molecule has 2 rings (SSSR count). The first kappa shape index (κ1) is 11.6. The highest BCUT2D eigenvalue weighted by atomic mass is 32.2. The number of rotatable bonds is 4. The molecule has 2 aromatic rings. The average Bonchev–Trinajstić information content (AvgIpc) is 2.84. The molecule has 0 amide bonds. The summed E-state index contributed by atoms with van der Waals surface area (Å²) >= 11 is 0.835. The molecule has 0 spiro atoms. The van der Waals surface area contributed by atoms with Gasteiger partial charge in [0.25, 0.3) is 10.0 Å². The molecule has 0 fully saturated rings. The minimum atomic E-state index is -3.96. The molecule has 0 unspecified atom stereocenters. The van der Waals surface area contributed by atoms with Crippen LogP contribution in [0.4, 0.5) is 5.82 Å². The van der Waals surface area contributed by atoms with Gasteiger partial charge in [-0.1, -0.05) is 5.16 Å². The summed E-state index contributed by atoms with van der Waals surface area (Å²) in [6.45, 7) is 0. The lowest BCUT2D eigenvalue weighted by Gasteiger charge is -2.03. The van der Waals surface area contributed by atoms with E-state index in [1.807, 2.05) is 0 Å². The predicted molar refractivity (Wildman–Crippen MR) is 58.6 cm³/mol. The molecule has 0 saturated carbocycles. The summed E-state index contributed by atoms with van der Waals surface area (Å²) in [7, 11) is -3.96. The summed E-state index contributed by atoms with van der Waals surface area (Å²) in [5.74, 6) is -1.30. The van der Waals surface area contributed by atoms with Crippen LogP contribution in [0.25, 0.3) is 0 Å². The van der Waals surface area contributed by atoms with E-state index in [-0.39, 0.29) is 15.6 Å². The number of hydrogen-bond acceptors (Lipinski definition) is 6. The van der Waals surface area contributed by atoms with E-state index < -0.39 is 16.0 Å². The summed E-state index contributed by atoms with van der Waals surface area (Å²) in [6, 6.07) is 2.53. The highest BCUT2D eigenvalue weighted by Gasteiger charge is 2.24. The molecule has 0 atom stereocenters. The van der Waals surface area contributed by atoms with E-state index in [1.54, 1.807) is 0 Å². The highest BCUT2D eigenvalue weighted by molar-refractivity contribution is 7.93. The van der Waals surface area contributed by atoms with Gasteiger partial charge in [-0.3, -0.25) is 4.72 Å². The van der Waals surface area contributed by atoms with Crippen LogP contribution in [-0.2, 0) is 10.0 Å². The van der Waals surface area contributed by atoms with Crippen molar-refractivity contribution in [1.29, 1.82) is 0 Å². The minimum absolute atomic E-state index is 0.00691. The number of aromatic carboxylic acids is 1. The van der Waals surface area contributed by atoms with E-state index in [4.69, 9.17) is 5.11 Å². The fraction of sp³-hybridized carbons (Fsp3) is 0. The van der Waals surface area contributed by atoms with Crippen LogP contribution < -0.4 is 4.72 Å². The molecule has 2 aromatic heterocycles. The van der Waals surface area contributed by atoms with E-state index in [9.17, 15) is 13.2 Å². The molecular formula is C8H6N2O5S2. The molecule has 0 aliphatic heterocycles. The zero-order valence-corrected chi connectivity index (χ0v) is 9.79. The zero-order chi connectivity index (χ0) is 12.5. The van der Waals surface area contributed by atoms with Gasteiger partial charge >= 0.3 is 5.97 Å². The monoisotopic (exact) mass is 274 g/mol. The number of aromatic nitrogens is 1. The van der Waals surface area contributed by atoms with Crippen LogP contribution in [0.2, 0.25) is 0 Å². The third kappa shape index (κ3) is 2.29. The SMILES string of the molecule is O=C(O)c1sccc1S(=O)(=O)Nc1ccon1. The average molecular weight is 274 g/mol. The van der Waals surface area contributed by atoms with Crippen molar-refractivity contribution < 1.29 is 22.8 Å². The van der Waals surface area contributed by atoms with Crippen LogP contribution in [-0.4, -0.2) is 24.7 Å². The number of sulfonamides is 1. The highest BCUT2D eigenvalue weighted by Crippen LogP contribution is 2.23. The molecule has 0 aromatic carbocycles. The number of nitrogens with zero attached hydrogens (tertiary/aromatic N) is 1. The second-order valence-corrected chi connectivity index (χ2v) is 5.48. The fourth-order valence-electron chi connectivity index (χ4n) is 1.12. The van der Waals surface area contributed by atoms with Gasteiger partial charge in [-0.15, -0.1) is 11.3 Å². The first-order chi connectivity index (χ1) is 8.00. The Balaban J connectivity index is 2.38. The van der Waals surface area contributed by atoms with E-state index in [1.165, 1.54) is 23.8 Å². The number of anilines is 1. The van der Waals surface area contributed by atoms with Crippen LogP contribution in [0, 0.1) is 0 Å². The van der Waals surface area contributed by atoms with Crippen molar-refractivity contribution in [3.05, 3.63) is 28.7 Å². The quantitative estimate of drug-likeness (QED) is 0.867. The summed E-state index contributed by atoms with van der Waals surface area (Å²) in [4.78, 5) is 10.3. The molecule has 0 radical (unpaired) electrons. The van der Waals surface area contributed by atoms with Crippen LogP contribution in [0.3, 0.4) is 0 Å². The first-order valence-electron chi connectivity index (χ1n) is 4.25. The number of thiophene rings is 1. The molecule has 90 valence electrons. The lowest BCUT2D eigenvalue weighted by atomic mass is 10.5. The number of carbonyl (C=O) groups is 1. The molecule has 2 heterocycles. The van der Waals surface area contributed by atoms with E-state index in [0.717, 1.165) is 11.3 Å². The zero-order valence-electron chi connectivity index (χ0n) is 8.15. The first-order valence-corrected chi connectivity index (χ1v) is 6.61. The normalized spacial score (nSPS) is 11.3. The Labute approximate surface area is 99.7 Å².